The third kappa shape index (κ3) is 6.90. The van der Waals surface area contributed by atoms with Crippen molar-refractivity contribution < 1.29 is 14.3 Å². The first-order valence-electron chi connectivity index (χ1n) is 7.02. The maximum absolute atomic E-state index is 11.8. The first-order valence-corrected chi connectivity index (χ1v) is 7.02. The Morgan fingerprint density at radius 2 is 1.71 bits per heavy atom. The predicted octanol–water partition coefficient (Wildman–Crippen LogP) is 3.03. The minimum Gasteiger partial charge on any atom is -0.366 e. The van der Waals surface area contributed by atoms with E-state index in [1.807, 2.05) is 34.6 Å². The van der Waals surface area contributed by atoms with Gasteiger partial charge in [-0.3, -0.25) is 9.59 Å². The van der Waals surface area contributed by atoms with Crippen LogP contribution in [-0.2, 0) is 14.3 Å². The second-order valence-corrected chi connectivity index (χ2v) is 6.17. The van der Waals surface area contributed by atoms with Crippen LogP contribution in [0.3, 0.4) is 0 Å². The summed E-state index contributed by atoms with van der Waals surface area (Å²) in [6.07, 6.45) is 0. The standard InChI is InChI=1S/C16H24N2O3/c1-11(2)15(20)18-13-8-6-7-12(9-13)17-14(19)10-21-16(3,4)5/h6-9,11H,10H2,1-5H3,(H,17,19)(H,18,20). The smallest absolute Gasteiger partial charge is 0.250 e. The topological polar surface area (TPSA) is 67.4 Å². The third-order valence-corrected chi connectivity index (χ3v) is 2.57. The van der Waals surface area contributed by atoms with Crippen LogP contribution < -0.4 is 10.6 Å². The zero-order chi connectivity index (χ0) is 16.0. The summed E-state index contributed by atoms with van der Waals surface area (Å²) in [4.78, 5) is 23.4. The molecule has 5 heteroatoms. The first kappa shape index (κ1) is 17.2. The van der Waals surface area contributed by atoms with Gasteiger partial charge in [-0.1, -0.05) is 19.9 Å². The molecule has 0 fully saturated rings. The van der Waals surface area contributed by atoms with Crippen LogP contribution in [0.5, 0.6) is 0 Å². The monoisotopic (exact) mass is 292 g/mol. The van der Waals surface area contributed by atoms with Crippen molar-refractivity contribution in [2.24, 2.45) is 5.92 Å². The second-order valence-electron chi connectivity index (χ2n) is 6.17. The summed E-state index contributed by atoms with van der Waals surface area (Å²) in [5.74, 6) is -0.379. The van der Waals surface area contributed by atoms with Crippen LogP contribution in [0.25, 0.3) is 0 Å². The third-order valence-electron chi connectivity index (χ3n) is 2.57. The van der Waals surface area contributed by atoms with Crippen molar-refractivity contribution in [1.29, 1.82) is 0 Å². The van der Waals surface area contributed by atoms with Gasteiger partial charge in [-0.15, -0.1) is 0 Å². The van der Waals surface area contributed by atoms with Crippen LogP contribution in [-0.4, -0.2) is 24.0 Å². The molecule has 2 N–H and O–H groups in total. The Hall–Kier alpha value is -1.88. The largest absolute Gasteiger partial charge is 0.366 e. The summed E-state index contributed by atoms with van der Waals surface area (Å²) in [6.45, 7) is 9.31. The van der Waals surface area contributed by atoms with E-state index < -0.39 is 0 Å². The molecule has 1 aromatic rings. The molecule has 0 aliphatic rings. The highest BCUT2D eigenvalue weighted by Gasteiger charge is 2.13. The first-order chi connectivity index (χ1) is 9.67. The Balaban J connectivity index is 2.60. The van der Waals surface area contributed by atoms with Crippen molar-refractivity contribution in [3.8, 4) is 0 Å². The molecule has 5 nitrogen and oxygen atoms in total. The molecule has 0 aliphatic heterocycles. The van der Waals surface area contributed by atoms with E-state index in [9.17, 15) is 9.59 Å². The molecule has 116 valence electrons. The lowest BCUT2D eigenvalue weighted by molar-refractivity contribution is -0.125. The molecule has 2 amide bonds. The van der Waals surface area contributed by atoms with E-state index in [1.54, 1.807) is 24.3 Å². The number of ether oxygens (including phenoxy) is 1. The van der Waals surface area contributed by atoms with Gasteiger partial charge in [0.15, 0.2) is 0 Å². The number of hydrogen-bond acceptors (Lipinski definition) is 3. The van der Waals surface area contributed by atoms with E-state index in [1.165, 1.54) is 0 Å². The quantitative estimate of drug-likeness (QED) is 0.876. The molecule has 0 aromatic heterocycles. The Bertz CT molecular complexity index is 504. The number of hydrogen-bond donors (Lipinski definition) is 2. The average molecular weight is 292 g/mol. The minimum atomic E-state index is -0.357. The Morgan fingerprint density at radius 1 is 1.14 bits per heavy atom. The Labute approximate surface area is 126 Å². The van der Waals surface area contributed by atoms with Gasteiger partial charge in [0.05, 0.1) is 5.60 Å². The highest BCUT2D eigenvalue weighted by atomic mass is 16.5. The van der Waals surface area contributed by atoms with Crippen LogP contribution in [0, 0.1) is 5.92 Å². The highest BCUT2D eigenvalue weighted by molar-refractivity contribution is 5.95. The van der Waals surface area contributed by atoms with Crippen LogP contribution >= 0.6 is 0 Å². The van der Waals surface area contributed by atoms with Gasteiger partial charge in [0.1, 0.15) is 6.61 Å². The van der Waals surface area contributed by atoms with E-state index in [0.29, 0.717) is 11.4 Å². The van der Waals surface area contributed by atoms with Crippen LogP contribution in [0.4, 0.5) is 11.4 Å². The summed E-state index contributed by atoms with van der Waals surface area (Å²) < 4.78 is 5.41. The number of rotatable bonds is 5. The van der Waals surface area contributed by atoms with Gasteiger partial charge in [0, 0.05) is 17.3 Å². The molecule has 0 heterocycles. The van der Waals surface area contributed by atoms with E-state index >= 15 is 0 Å². The van der Waals surface area contributed by atoms with Crippen LogP contribution in [0.1, 0.15) is 34.6 Å². The molecule has 1 aromatic carbocycles. The molecule has 0 saturated heterocycles. The number of amides is 2. The molecule has 0 bridgehead atoms. The summed E-state index contributed by atoms with van der Waals surface area (Å²) >= 11 is 0. The van der Waals surface area contributed by atoms with Crippen LogP contribution in [0.15, 0.2) is 24.3 Å². The van der Waals surface area contributed by atoms with Crippen LogP contribution in [0.2, 0.25) is 0 Å². The molecular weight excluding hydrogens is 268 g/mol. The molecule has 0 spiro atoms. The van der Waals surface area contributed by atoms with E-state index in [2.05, 4.69) is 10.6 Å². The number of anilines is 2. The van der Waals surface area contributed by atoms with Gasteiger partial charge in [-0.05, 0) is 39.0 Å². The lowest BCUT2D eigenvalue weighted by atomic mass is 10.2. The zero-order valence-corrected chi connectivity index (χ0v) is 13.3. The van der Waals surface area contributed by atoms with Gasteiger partial charge in [-0.25, -0.2) is 0 Å². The van der Waals surface area contributed by atoms with Gasteiger partial charge in [0.25, 0.3) is 0 Å². The number of carbonyl (C=O) groups excluding carboxylic acids is 2. The molecule has 0 unspecified atom stereocenters. The fourth-order valence-electron chi connectivity index (χ4n) is 1.44. The minimum absolute atomic E-state index is 0.00786. The molecule has 0 saturated carbocycles. The highest BCUT2D eigenvalue weighted by Crippen LogP contribution is 2.16. The summed E-state index contributed by atoms with van der Waals surface area (Å²) in [7, 11) is 0. The lowest BCUT2D eigenvalue weighted by Crippen LogP contribution is -2.27. The maximum Gasteiger partial charge on any atom is 0.250 e. The van der Waals surface area contributed by atoms with E-state index in [0.717, 1.165) is 0 Å². The normalized spacial score (nSPS) is 11.3. The molecular formula is C16H24N2O3. The van der Waals surface area contributed by atoms with Gasteiger partial charge >= 0.3 is 0 Å². The molecule has 1 rings (SSSR count). The van der Waals surface area contributed by atoms with E-state index in [4.69, 9.17) is 4.74 Å². The van der Waals surface area contributed by atoms with Gasteiger partial charge < -0.3 is 15.4 Å². The fraction of sp³-hybridized carbons (Fsp3) is 0.500. The number of carbonyl (C=O) groups is 2. The maximum atomic E-state index is 11.8. The molecule has 0 radical (unpaired) electrons. The fourth-order valence-corrected chi connectivity index (χ4v) is 1.44. The second kappa shape index (κ2) is 7.22. The van der Waals surface area contributed by atoms with Crippen molar-refractivity contribution in [1.82, 2.24) is 0 Å². The summed E-state index contributed by atoms with van der Waals surface area (Å²) in [5, 5.41) is 5.53. The predicted molar refractivity (Wildman–Crippen MR) is 84.2 cm³/mol. The van der Waals surface area contributed by atoms with Gasteiger partial charge in [-0.2, -0.15) is 0 Å². The summed E-state index contributed by atoms with van der Waals surface area (Å²) in [5.41, 5.74) is 0.923. The van der Waals surface area contributed by atoms with Crippen molar-refractivity contribution in [2.45, 2.75) is 40.2 Å². The van der Waals surface area contributed by atoms with Crippen molar-refractivity contribution >= 4 is 23.2 Å². The van der Waals surface area contributed by atoms with Crippen molar-refractivity contribution in [3.05, 3.63) is 24.3 Å². The Kier molecular flexibility index (Phi) is 5.90. The average Bonchev–Trinajstić information content (AvgIpc) is 2.36. The zero-order valence-electron chi connectivity index (χ0n) is 13.3. The van der Waals surface area contributed by atoms with Crippen molar-refractivity contribution in [2.75, 3.05) is 17.2 Å². The van der Waals surface area contributed by atoms with E-state index in [-0.39, 0.29) is 29.9 Å². The van der Waals surface area contributed by atoms with Gasteiger partial charge in [0.2, 0.25) is 11.8 Å². The summed E-state index contributed by atoms with van der Waals surface area (Å²) in [6, 6.07) is 7.03. The molecule has 0 atom stereocenters. The molecule has 0 aliphatic carbocycles. The molecule has 21 heavy (non-hydrogen) atoms. The SMILES string of the molecule is CC(C)C(=O)Nc1cccc(NC(=O)COC(C)(C)C)c1. The number of nitrogens with one attached hydrogen (secondary N) is 2. The lowest BCUT2D eigenvalue weighted by Gasteiger charge is -2.19. The Morgan fingerprint density at radius 3 is 2.24 bits per heavy atom. The van der Waals surface area contributed by atoms with Crippen molar-refractivity contribution in [3.63, 3.8) is 0 Å². The number of benzene rings is 1.